The number of nitrogens with zero attached hydrogens (tertiary/aromatic N) is 4. The van der Waals surface area contributed by atoms with Crippen molar-refractivity contribution in [2.24, 2.45) is 11.7 Å². The number of aromatic nitrogens is 3. The van der Waals surface area contributed by atoms with Gasteiger partial charge < -0.3 is 20.8 Å². The maximum absolute atomic E-state index is 12.6. The second-order valence-electron chi connectivity index (χ2n) is 7.03. The number of hydrogen-bond donors (Lipinski definition) is 3. The highest BCUT2D eigenvalue weighted by Crippen LogP contribution is 2.27. The van der Waals surface area contributed by atoms with E-state index in [4.69, 9.17) is 10.8 Å². The lowest BCUT2D eigenvalue weighted by Gasteiger charge is -2.33. The Morgan fingerprint density at radius 3 is 2.54 bits per heavy atom. The first-order valence-corrected chi connectivity index (χ1v) is 8.84. The lowest BCUT2D eigenvalue weighted by Crippen LogP contribution is -2.42. The van der Waals surface area contributed by atoms with E-state index < -0.39 is 6.10 Å². The molecule has 1 saturated carbocycles. The zero-order chi connectivity index (χ0) is 17.1. The van der Waals surface area contributed by atoms with Gasteiger partial charge in [-0.3, -0.25) is 4.79 Å². The molecule has 1 aliphatic heterocycles. The van der Waals surface area contributed by atoms with Crippen molar-refractivity contribution in [1.29, 1.82) is 0 Å². The molecule has 1 aromatic rings. The Labute approximate surface area is 141 Å². The van der Waals surface area contributed by atoms with E-state index in [2.05, 4.69) is 10.3 Å². The number of rotatable bonds is 4. The van der Waals surface area contributed by atoms with Crippen LogP contribution in [0.3, 0.4) is 0 Å². The molecule has 134 valence electrons. The third-order valence-corrected chi connectivity index (χ3v) is 5.40. The number of aliphatic hydroxyl groups excluding tert-OH is 2. The molecule has 8 heteroatoms. The van der Waals surface area contributed by atoms with Crippen molar-refractivity contribution in [3.63, 3.8) is 0 Å². The van der Waals surface area contributed by atoms with Gasteiger partial charge >= 0.3 is 0 Å². The first-order valence-electron chi connectivity index (χ1n) is 8.84. The molecule has 2 fully saturated rings. The van der Waals surface area contributed by atoms with Crippen LogP contribution in [0.4, 0.5) is 0 Å². The van der Waals surface area contributed by atoms with Crippen LogP contribution in [-0.4, -0.2) is 67.9 Å². The summed E-state index contributed by atoms with van der Waals surface area (Å²) in [6.07, 6.45) is 6.36. The molecule has 8 nitrogen and oxygen atoms in total. The lowest BCUT2D eigenvalue weighted by atomic mass is 9.91. The molecular weight excluding hydrogens is 310 g/mol. The van der Waals surface area contributed by atoms with E-state index in [0.29, 0.717) is 31.6 Å². The predicted molar refractivity (Wildman–Crippen MR) is 87.2 cm³/mol. The van der Waals surface area contributed by atoms with Crippen molar-refractivity contribution in [2.45, 2.75) is 56.7 Å². The Morgan fingerprint density at radius 1 is 1.25 bits per heavy atom. The van der Waals surface area contributed by atoms with Gasteiger partial charge in [0.05, 0.1) is 24.9 Å². The van der Waals surface area contributed by atoms with Crippen LogP contribution in [0.25, 0.3) is 0 Å². The van der Waals surface area contributed by atoms with Gasteiger partial charge in [-0.15, -0.1) is 5.10 Å². The van der Waals surface area contributed by atoms with E-state index in [1.165, 1.54) is 0 Å². The normalized spacial score (nSPS) is 27.2. The number of piperidine rings is 1. The average Bonchev–Trinajstić information content (AvgIpc) is 3.11. The summed E-state index contributed by atoms with van der Waals surface area (Å²) in [5.74, 6) is -0.0492. The molecule has 24 heavy (non-hydrogen) atoms. The first kappa shape index (κ1) is 17.3. The minimum atomic E-state index is -0.694. The molecule has 0 radical (unpaired) electrons. The van der Waals surface area contributed by atoms with Gasteiger partial charge in [-0.2, -0.15) is 0 Å². The summed E-state index contributed by atoms with van der Waals surface area (Å²) in [6.45, 7) is 0.926. The van der Waals surface area contributed by atoms with Gasteiger partial charge in [0.1, 0.15) is 0 Å². The summed E-state index contributed by atoms with van der Waals surface area (Å²) < 4.78 is 1.81. The molecule has 1 saturated heterocycles. The average molecular weight is 337 g/mol. The second-order valence-corrected chi connectivity index (χ2v) is 7.03. The molecule has 1 atom stereocenters. The van der Waals surface area contributed by atoms with Gasteiger partial charge in [-0.25, -0.2) is 4.68 Å². The molecule has 1 aliphatic carbocycles. The van der Waals surface area contributed by atoms with E-state index in [0.717, 1.165) is 25.7 Å². The van der Waals surface area contributed by atoms with Gasteiger partial charge in [0.15, 0.2) is 5.69 Å². The fourth-order valence-electron chi connectivity index (χ4n) is 3.72. The quantitative estimate of drug-likeness (QED) is 0.708. The molecule has 2 aliphatic rings. The van der Waals surface area contributed by atoms with Crippen LogP contribution in [0.1, 0.15) is 55.1 Å². The Bertz CT molecular complexity index is 548. The van der Waals surface area contributed by atoms with Crippen molar-refractivity contribution in [1.82, 2.24) is 19.9 Å². The minimum absolute atomic E-state index is 0.0566. The molecule has 0 bridgehead atoms. The Kier molecular flexibility index (Phi) is 5.47. The SMILES string of the molecule is NC1CCC(n2cc(C(=O)N3CCC(C(O)CO)CC3)nn2)CC1. The fourth-order valence-corrected chi connectivity index (χ4v) is 3.72. The number of aliphatic hydroxyl groups is 2. The highest BCUT2D eigenvalue weighted by Gasteiger charge is 2.29. The Morgan fingerprint density at radius 2 is 1.92 bits per heavy atom. The zero-order valence-corrected chi connectivity index (χ0v) is 13.9. The number of carbonyl (C=O) groups is 1. The Balaban J connectivity index is 1.56. The van der Waals surface area contributed by atoms with Crippen molar-refractivity contribution in [3.05, 3.63) is 11.9 Å². The number of carbonyl (C=O) groups excluding carboxylic acids is 1. The fraction of sp³-hybridized carbons (Fsp3) is 0.812. The van der Waals surface area contributed by atoms with E-state index in [-0.39, 0.29) is 30.5 Å². The lowest BCUT2D eigenvalue weighted by molar-refractivity contribution is 0.0177. The van der Waals surface area contributed by atoms with Crippen LogP contribution in [0, 0.1) is 5.92 Å². The largest absolute Gasteiger partial charge is 0.394 e. The van der Waals surface area contributed by atoms with E-state index in [9.17, 15) is 9.90 Å². The predicted octanol–water partition coefficient (Wildman–Crippen LogP) is -0.0741. The van der Waals surface area contributed by atoms with Crippen LogP contribution >= 0.6 is 0 Å². The van der Waals surface area contributed by atoms with Crippen LogP contribution in [0.2, 0.25) is 0 Å². The number of amides is 1. The second kappa shape index (κ2) is 7.58. The summed E-state index contributed by atoms with van der Waals surface area (Å²) >= 11 is 0. The molecule has 3 rings (SSSR count). The van der Waals surface area contributed by atoms with Gasteiger partial charge in [0, 0.05) is 19.1 Å². The number of hydrogen-bond acceptors (Lipinski definition) is 6. The van der Waals surface area contributed by atoms with Crippen LogP contribution < -0.4 is 5.73 Å². The molecule has 1 unspecified atom stereocenters. The van der Waals surface area contributed by atoms with Crippen molar-refractivity contribution in [2.75, 3.05) is 19.7 Å². The van der Waals surface area contributed by atoms with Crippen molar-refractivity contribution in [3.8, 4) is 0 Å². The van der Waals surface area contributed by atoms with Crippen LogP contribution in [0.5, 0.6) is 0 Å². The smallest absolute Gasteiger partial charge is 0.276 e. The highest BCUT2D eigenvalue weighted by atomic mass is 16.3. The number of likely N-dealkylation sites (tertiary alicyclic amines) is 1. The van der Waals surface area contributed by atoms with Gasteiger partial charge in [-0.05, 0) is 44.4 Å². The number of nitrogens with two attached hydrogens (primary N) is 1. The third-order valence-electron chi connectivity index (χ3n) is 5.40. The van der Waals surface area contributed by atoms with E-state index >= 15 is 0 Å². The summed E-state index contributed by atoms with van der Waals surface area (Å²) in [5, 5.41) is 26.9. The molecule has 4 N–H and O–H groups in total. The topological polar surface area (TPSA) is 118 Å². The summed E-state index contributed by atoms with van der Waals surface area (Å²) in [4.78, 5) is 14.3. The van der Waals surface area contributed by atoms with Crippen LogP contribution in [-0.2, 0) is 0 Å². The molecule has 0 aromatic carbocycles. The monoisotopic (exact) mass is 337 g/mol. The maximum Gasteiger partial charge on any atom is 0.276 e. The molecule has 0 spiro atoms. The van der Waals surface area contributed by atoms with E-state index in [1.807, 2.05) is 0 Å². The van der Waals surface area contributed by atoms with Crippen molar-refractivity contribution < 1.29 is 15.0 Å². The Hall–Kier alpha value is -1.51. The van der Waals surface area contributed by atoms with Crippen LogP contribution in [0.15, 0.2) is 6.20 Å². The van der Waals surface area contributed by atoms with E-state index in [1.54, 1.807) is 15.8 Å². The zero-order valence-electron chi connectivity index (χ0n) is 13.9. The molecule has 1 amide bonds. The third kappa shape index (κ3) is 3.76. The minimum Gasteiger partial charge on any atom is -0.394 e. The summed E-state index contributed by atoms with van der Waals surface area (Å²) in [5.41, 5.74) is 6.31. The standard InChI is InChI=1S/C16H27N5O3/c17-12-1-3-13(4-2-12)21-9-14(18-19-21)16(24)20-7-5-11(6-8-20)15(23)10-22/h9,11-13,15,22-23H,1-8,10,17H2. The molecular formula is C16H27N5O3. The highest BCUT2D eigenvalue weighted by molar-refractivity contribution is 5.92. The first-order chi connectivity index (χ1) is 11.6. The molecule has 1 aromatic heterocycles. The van der Waals surface area contributed by atoms with Crippen molar-refractivity contribution >= 4 is 5.91 Å². The van der Waals surface area contributed by atoms with Gasteiger partial charge in [-0.1, -0.05) is 5.21 Å². The maximum atomic E-state index is 12.6. The summed E-state index contributed by atoms with van der Waals surface area (Å²) in [6, 6.07) is 0.561. The van der Waals surface area contributed by atoms with Gasteiger partial charge in [0.2, 0.25) is 0 Å². The van der Waals surface area contributed by atoms with Gasteiger partial charge in [0.25, 0.3) is 5.91 Å². The summed E-state index contributed by atoms with van der Waals surface area (Å²) in [7, 11) is 0. The molecule has 2 heterocycles.